The van der Waals surface area contributed by atoms with Crippen LogP contribution in [-0.4, -0.2) is 4.98 Å². The molecule has 0 spiro atoms. The molecule has 0 aliphatic carbocycles. The number of rotatable bonds is 2. The van der Waals surface area contributed by atoms with Gasteiger partial charge in [-0.2, -0.15) is 0 Å². The fourth-order valence-electron chi connectivity index (χ4n) is 3.42. The van der Waals surface area contributed by atoms with E-state index in [2.05, 4.69) is 46.3 Å². The molecule has 0 aliphatic heterocycles. The van der Waals surface area contributed by atoms with Gasteiger partial charge in [-0.3, -0.25) is 0 Å². The zero-order valence-corrected chi connectivity index (χ0v) is 16.7. The predicted molar refractivity (Wildman–Crippen MR) is 117 cm³/mol. The third kappa shape index (κ3) is 2.85. The first-order valence-corrected chi connectivity index (χ1v) is 9.81. The average molecular weight is 432 g/mol. The summed E-state index contributed by atoms with van der Waals surface area (Å²) in [5, 5.41) is 2.29. The molecule has 0 aliphatic rings. The highest BCUT2D eigenvalue weighted by atomic mass is 79.9. The number of nitrogens with zero attached hydrogens (tertiary/aromatic N) is 1. The Hall–Kier alpha value is -2.56. The number of fused-ring (bicyclic) bond motifs is 2. The van der Waals surface area contributed by atoms with Crippen molar-refractivity contribution < 1.29 is 4.42 Å². The smallest absolute Gasteiger partial charge is 0.227 e. The first kappa shape index (κ1) is 16.6. The van der Waals surface area contributed by atoms with E-state index in [1.807, 2.05) is 48.5 Å². The molecule has 130 valence electrons. The van der Waals surface area contributed by atoms with E-state index in [-0.39, 0.29) is 0 Å². The van der Waals surface area contributed by atoms with Gasteiger partial charge in [-0.1, -0.05) is 58.4 Å². The zero-order valence-electron chi connectivity index (χ0n) is 14.2. The molecule has 1 aromatic heterocycles. The normalized spacial score (nSPS) is 11.3. The van der Waals surface area contributed by atoms with Crippen LogP contribution in [0.3, 0.4) is 0 Å². The molecule has 0 saturated carbocycles. The minimum atomic E-state index is 0.625. The summed E-state index contributed by atoms with van der Waals surface area (Å²) >= 11 is 8.34. The van der Waals surface area contributed by atoms with E-state index in [1.165, 1.54) is 0 Å². The molecule has 0 bridgehead atoms. The third-order valence-electron chi connectivity index (χ3n) is 4.67. The number of oxazole rings is 1. The van der Waals surface area contributed by atoms with Crippen molar-refractivity contribution in [3.05, 3.63) is 83.3 Å². The van der Waals surface area contributed by atoms with Crippen molar-refractivity contribution in [2.75, 3.05) is 0 Å². The van der Waals surface area contributed by atoms with Crippen LogP contribution in [0.5, 0.6) is 0 Å². The van der Waals surface area contributed by atoms with Crippen LogP contribution in [0.15, 0.2) is 92.6 Å². The highest BCUT2D eigenvalue weighted by Gasteiger charge is 2.16. The molecular formula is C23H14BrNOS. The van der Waals surface area contributed by atoms with Crippen molar-refractivity contribution in [2.45, 2.75) is 4.90 Å². The molecule has 5 rings (SSSR count). The number of para-hydroxylation sites is 1. The Morgan fingerprint density at radius 2 is 1.67 bits per heavy atom. The summed E-state index contributed by atoms with van der Waals surface area (Å²) in [7, 11) is 0. The summed E-state index contributed by atoms with van der Waals surface area (Å²) < 4.78 is 7.08. The summed E-state index contributed by atoms with van der Waals surface area (Å²) in [6, 6.07) is 26.4. The molecule has 0 N–H and O–H groups in total. The van der Waals surface area contributed by atoms with E-state index in [4.69, 9.17) is 22.0 Å². The molecule has 1 heterocycles. The van der Waals surface area contributed by atoms with Crippen molar-refractivity contribution in [3.8, 4) is 22.6 Å². The summed E-state index contributed by atoms with van der Waals surface area (Å²) in [4.78, 5) is 5.73. The second kappa shape index (κ2) is 6.55. The molecule has 0 atom stereocenters. The second-order valence-electron chi connectivity index (χ2n) is 6.36. The number of halogens is 1. The Labute approximate surface area is 170 Å². The zero-order chi connectivity index (χ0) is 18.4. The number of thiol groups is 1. The van der Waals surface area contributed by atoms with E-state index in [0.29, 0.717) is 5.89 Å². The maximum atomic E-state index is 6.05. The molecule has 4 aromatic carbocycles. The maximum Gasteiger partial charge on any atom is 0.227 e. The molecular weight excluding hydrogens is 418 g/mol. The standard InChI is InChI=1S/C23H14BrNOS/c24-16-11-9-14-10-12-20(27)21(18(14)13-16)17-7-4-8-19-22(17)25-23(26-19)15-5-2-1-3-6-15/h1-13,27H. The monoisotopic (exact) mass is 431 g/mol. The van der Waals surface area contributed by atoms with Gasteiger partial charge < -0.3 is 4.42 Å². The van der Waals surface area contributed by atoms with Gasteiger partial charge in [-0.05, 0) is 47.2 Å². The van der Waals surface area contributed by atoms with Crippen LogP contribution < -0.4 is 0 Å². The van der Waals surface area contributed by atoms with Gasteiger partial charge in [0.2, 0.25) is 5.89 Å². The molecule has 27 heavy (non-hydrogen) atoms. The summed E-state index contributed by atoms with van der Waals surface area (Å²) in [5.74, 6) is 0.625. The van der Waals surface area contributed by atoms with Crippen LogP contribution >= 0.6 is 28.6 Å². The topological polar surface area (TPSA) is 26.0 Å². The number of benzene rings is 4. The van der Waals surface area contributed by atoms with Crippen molar-refractivity contribution in [1.29, 1.82) is 0 Å². The maximum absolute atomic E-state index is 6.05. The Bertz CT molecular complexity index is 1290. The van der Waals surface area contributed by atoms with Crippen molar-refractivity contribution >= 4 is 50.4 Å². The van der Waals surface area contributed by atoms with Crippen molar-refractivity contribution in [2.24, 2.45) is 0 Å². The van der Waals surface area contributed by atoms with E-state index in [0.717, 1.165) is 47.9 Å². The van der Waals surface area contributed by atoms with E-state index >= 15 is 0 Å². The number of hydrogen-bond acceptors (Lipinski definition) is 3. The lowest BCUT2D eigenvalue weighted by atomic mass is 9.97. The molecule has 0 radical (unpaired) electrons. The molecule has 0 saturated heterocycles. The molecule has 2 nitrogen and oxygen atoms in total. The first-order valence-electron chi connectivity index (χ1n) is 8.57. The van der Waals surface area contributed by atoms with Crippen LogP contribution in [-0.2, 0) is 0 Å². The lowest BCUT2D eigenvalue weighted by molar-refractivity contribution is 0.620. The summed E-state index contributed by atoms with van der Waals surface area (Å²) in [5.41, 5.74) is 4.67. The Morgan fingerprint density at radius 3 is 2.52 bits per heavy atom. The third-order valence-corrected chi connectivity index (χ3v) is 5.54. The van der Waals surface area contributed by atoms with Gasteiger partial charge in [0.05, 0.1) is 0 Å². The molecule has 0 unspecified atom stereocenters. The van der Waals surface area contributed by atoms with Crippen molar-refractivity contribution in [3.63, 3.8) is 0 Å². The van der Waals surface area contributed by atoms with Crippen LogP contribution in [0.2, 0.25) is 0 Å². The van der Waals surface area contributed by atoms with Gasteiger partial charge in [0.1, 0.15) is 5.52 Å². The Balaban J connectivity index is 1.82. The molecule has 5 aromatic rings. The quantitative estimate of drug-likeness (QED) is 0.295. The van der Waals surface area contributed by atoms with Gasteiger partial charge in [-0.15, -0.1) is 12.6 Å². The lowest BCUT2D eigenvalue weighted by Crippen LogP contribution is -1.86. The fourth-order valence-corrected chi connectivity index (χ4v) is 4.09. The second-order valence-corrected chi connectivity index (χ2v) is 7.76. The first-order chi connectivity index (χ1) is 13.2. The SMILES string of the molecule is Sc1ccc2ccc(Br)cc2c1-c1cccc2oc(-c3ccccc3)nc12. The fraction of sp³-hybridized carbons (Fsp3) is 0. The highest BCUT2D eigenvalue weighted by Crippen LogP contribution is 2.39. The minimum absolute atomic E-state index is 0.625. The average Bonchev–Trinajstić information content (AvgIpc) is 3.13. The molecule has 4 heteroatoms. The highest BCUT2D eigenvalue weighted by molar-refractivity contribution is 9.10. The number of hydrogen-bond donors (Lipinski definition) is 1. The van der Waals surface area contributed by atoms with Crippen LogP contribution in [0.4, 0.5) is 0 Å². The van der Waals surface area contributed by atoms with Gasteiger partial charge in [0, 0.05) is 26.1 Å². The molecule has 0 fully saturated rings. The van der Waals surface area contributed by atoms with E-state index < -0.39 is 0 Å². The number of aromatic nitrogens is 1. The minimum Gasteiger partial charge on any atom is -0.436 e. The summed E-state index contributed by atoms with van der Waals surface area (Å²) in [6.07, 6.45) is 0. The summed E-state index contributed by atoms with van der Waals surface area (Å²) in [6.45, 7) is 0. The largest absolute Gasteiger partial charge is 0.436 e. The van der Waals surface area contributed by atoms with Gasteiger partial charge in [0.15, 0.2) is 5.58 Å². The van der Waals surface area contributed by atoms with Gasteiger partial charge in [-0.25, -0.2) is 4.98 Å². The van der Waals surface area contributed by atoms with Crippen LogP contribution in [0, 0.1) is 0 Å². The van der Waals surface area contributed by atoms with E-state index in [1.54, 1.807) is 0 Å². The Morgan fingerprint density at radius 1 is 0.852 bits per heavy atom. The van der Waals surface area contributed by atoms with Crippen LogP contribution in [0.25, 0.3) is 44.5 Å². The van der Waals surface area contributed by atoms with Crippen LogP contribution in [0.1, 0.15) is 0 Å². The molecule has 0 amide bonds. The van der Waals surface area contributed by atoms with Crippen molar-refractivity contribution in [1.82, 2.24) is 4.98 Å². The van der Waals surface area contributed by atoms with E-state index in [9.17, 15) is 0 Å². The Kier molecular flexibility index (Phi) is 4.03. The predicted octanol–water partition coefficient (Wildman–Crippen LogP) is 7.37. The van der Waals surface area contributed by atoms with Gasteiger partial charge in [0.25, 0.3) is 0 Å². The lowest BCUT2D eigenvalue weighted by Gasteiger charge is -2.11. The van der Waals surface area contributed by atoms with Gasteiger partial charge >= 0.3 is 0 Å².